The Bertz CT molecular complexity index is 1240. The van der Waals surface area contributed by atoms with Gasteiger partial charge in [-0.2, -0.15) is 0 Å². The van der Waals surface area contributed by atoms with E-state index in [0.29, 0.717) is 33.9 Å². The topological polar surface area (TPSA) is 61.8 Å². The summed E-state index contributed by atoms with van der Waals surface area (Å²) in [4.78, 5) is 25.4. The maximum Gasteiger partial charge on any atom is 0.343 e. The summed E-state index contributed by atoms with van der Waals surface area (Å²) in [6.07, 6.45) is 1.73. The number of ketones is 1. The summed E-state index contributed by atoms with van der Waals surface area (Å²) in [5.41, 5.74) is 3.59. The number of carbonyl (C=O) groups is 2. The second-order valence-electron chi connectivity index (χ2n) is 9.00. The number of allylic oxidation sites excluding steroid dienone is 1. The van der Waals surface area contributed by atoms with E-state index in [9.17, 15) is 9.59 Å². The van der Waals surface area contributed by atoms with Gasteiger partial charge in [-0.05, 0) is 65.9 Å². The van der Waals surface area contributed by atoms with Gasteiger partial charge in [-0.25, -0.2) is 4.79 Å². The van der Waals surface area contributed by atoms with Crippen LogP contribution in [-0.4, -0.2) is 18.9 Å². The number of rotatable bonds is 4. The van der Waals surface area contributed by atoms with Crippen molar-refractivity contribution in [2.45, 2.75) is 33.1 Å². The van der Waals surface area contributed by atoms with Crippen LogP contribution in [0.2, 0.25) is 0 Å². The number of fused-ring (bicyclic) bond motifs is 1. The number of esters is 1. The van der Waals surface area contributed by atoms with Crippen molar-refractivity contribution in [3.8, 4) is 17.2 Å². The van der Waals surface area contributed by atoms with Crippen LogP contribution >= 0.6 is 0 Å². The lowest BCUT2D eigenvalue weighted by atomic mass is 9.86. The summed E-state index contributed by atoms with van der Waals surface area (Å²) in [6, 6.07) is 18.0. The third-order valence-corrected chi connectivity index (χ3v) is 5.64. The highest BCUT2D eigenvalue weighted by Crippen LogP contribution is 2.39. The Balaban J connectivity index is 1.55. The van der Waals surface area contributed by atoms with Crippen LogP contribution in [0, 0.1) is 6.92 Å². The summed E-state index contributed by atoms with van der Waals surface area (Å²) in [7, 11) is 1.56. The Kier molecular flexibility index (Phi) is 5.81. The summed E-state index contributed by atoms with van der Waals surface area (Å²) in [5, 5.41) is 0. The fourth-order valence-electron chi connectivity index (χ4n) is 3.60. The molecule has 0 amide bonds. The van der Waals surface area contributed by atoms with Crippen molar-refractivity contribution in [1.82, 2.24) is 0 Å². The van der Waals surface area contributed by atoms with Gasteiger partial charge in [-0.1, -0.05) is 45.0 Å². The lowest BCUT2D eigenvalue weighted by Gasteiger charge is -2.18. The number of benzene rings is 3. The number of Topliss-reactive ketones (excluding diaryl/α,β-unsaturated/α-hetero) is 1. The van der Waals surface area contributed by atoms with Crippen LogP contribution < -0.4 is 14.2 Å². The third kappa shape index (κ3) is 4.53. The Hall–Kier alpha value is -3.86. The SMILES string of the molecule is COc1ccc(C(=O)Oc2ccc3c(c2C)O/C(=C\c2ccc(C(C)(C)C)cc2)C3=O)cc1. The minimum Gasteiger partial charge on any atom is -0.497 e. The predicted molar refractivity (Wildman–Crippen MR) is 127 cm³/mol. The number of hydrogen-bond donors (Lipinski definition) is 0. The first-order chi connectivity index (χ1) is 15.7. The molecule has 1 heterocycles. The fraction of sp³-hybridized carbons (Fsp3) is 0.214. The quantitative estimate of drug-likeness (QED) is 0.276. The summed E-state index contributed by atoms with van der Waals surface area (Å²) < 4.78 is 16.6. The normalized spacial score (nSPS) is 14.1. The van der Waals surface area contributed by atoms with Crippen LogP contribution in [0.1, 0.15) is 58.2 Å². The molecule has 0 fully saturated rings. The van der Waals surface area contributed by atoms with Gasteiger partial charge in [0.15, 0.2) is 5.76 Å². The van der Waals surface area contributed by atoms with E-state index in [-0.39, 0.29) is 17.0 Å². The average molecular weight is 443 g/mol. The summed E-state index contributed by atoms with van der Waals surface area (Å²) in [5.74, 6) is 0.964. The Labute approximate surface area is 193 Å². The zero-order valence-electron chi connectivity index (χ0n) is 19.4. The first-order valence-electron chi connectivity index (χ1n) is 10.7. The Morgan fingerprint density at radius 3 is 2.21 bits per heavy atom. The number of methoxy groups -OCH3 is 1. The van der Waals surface area contributed by atoms with Gasteiger partial charge in [0.1, 0.15) is 17.2 Å². The standard InChI is InChI=1S/C28H26O5/c1-17-23(33-27(30)19-8-12-21(31-5)13-9-19)15-14-22-25(29)24(32-26(17)22)16-18-6-10-20(11-7-18)28(2,3)4/h6-16H,1-5H3/b24-16-. The molecule has 1 aliphatic rings. The molecule has 0 radical (unpaired) electrons. The highest BCUT2D eigenvalue weighted by atomic mass is 16.5. The van der Waals surface area contributed by atoms with Crippen molar-refractivity contribution in [1.29, 1.82) is 0 Å². The molecule has 4 rings (SSSR count). The maximum absolute atomic E-state index is 12.9. The lowest BCUT2D eigenvalue weighted by molar-refractivity contribution is 0.0733. The van der Waals surface area contributed by atoms with E-state index < -0.39 is 5.97 Å². The van der Waals surface area contributed by atoms with Crippen LogP contribution in [0.4, 0.5) is 0 Å². The van der Waals surface area contributed by atoms with Gasteiger partial charge in [-0.3, -0.25) is 4.79 Å². The van der Waals surface area contributed by atoms with Crippen LogP contribution in [-0.2, 0) is 5.41 Å². The molecule has 5 heteroatoms. The zero-order chi connectivity index (χ0) is 23.8. The molecule has 33 heavy (non-hydrogen) atoms. The molecule has 0 atom stereocenters. The van der Waals surface area contributed by atoms with E-state index in [0.717, 1.165) is 5.56 Å². The van der Waals surface area contributed by atoms with Crippen LogP contribution in [0.15, 0.2) is 66.4 Å². The van der Waals surface area contributed by atoms with E-state index in [2.05, 4.69) is 32.9 Å². The molecule has 0 saturated carbocycles. The summed E-state index contributed by atoms with van der Waals surface area (Å²) >= 11 is 0. The highest BCUT2D eigenvalue weighted by Gasteiger charge is 2.30. The molecule has 1 aliphatic heterocycles. The van der Waals surface area contributed by atoms with Crippen molar-refractivity contribution in [2.75, 3.05) is 7.11 Å². The molecule has 3 aromatic rings. The molecule has 0 aromatic heterocycles. The molecule has 0 N–H and O–H groups in total. The fourth-order valence-corrected chi connectivity index (χ4v) is 3.60. The molecule has 168 valence electrons. The van der Waals surface area contributed by atoms with Gasteiger partial charge < -0.3 is 14.2 Å². The van der Waals surface area contributed by atoms with Gasteiger partial charge in [0.25, 0.3) is 0 Å². The van der Waals surface area contributed by atoms with Crippen LogP contribution in [0.25, 0.3) is 6.08 Å². The third-order valence-electron chi connectivity index (χ3n) is 5.64. The summed E-state index contributed by atoms with van der Waals surface area (Å²) in [6.45, 7) is 8.23. The monoisotopic (exact) mass is 442 g/mol. The molecule has 0 unspecified atom stereocenters. The number of carbonyl (C=O) groups excluding carboxylic acids is 2. The van der Waals surface area contributed by atoms with Gasteiger partial charge in [0.2, 0.25) is 5.78 Å². The van der Waals surface area contributed by atoms with Crippen molar-refractivity contribution < 1.29 is 23.8 Å². The molecule has 5 nitrogen and oxygen atoms in total. The Morgan fingerprint density at radius 1 is 0.939 bits per heavy atom. The molecular formula is C28H26O5. The van der Waals surface area contributed by atoms with Crippen LogP contribution in [0.5, 0.6) is 17.2 Å². The van der Waals surface area contributed by atoms with Gasteiger partial charge in [-0.15, -0.1) is 0 Å². The minimum absolute atomic E-state index is 0.0539. The highest BCUT2D eigenvalue weighted by molar-refractivity contribution is 6.15. The molecule has 0 saturated heterocycles. The second-order valence-corrected chi connectivity index (χ2v) is 9.00. The predicted octanol–water partition coefficient (Wildman–Crippen LogP) is 6.14. The van der Waals surface area contributed by atoms with Crippen molar-refractivity contribution >= 4 is 17.8 Å². The first kappa shape index (κ1) is 22.3. The van der Waals surface area contributed by atoms with E-state index in [1.165, 1.54) is 5.56 Å². The largest absolute Gasteiger partial charge is 0.497 e. The van der Waals surface area contributed by atoms with Crippen molar-refractivity contribution in [2.24, 2.45) is 0 Å². The first-order valence-corrected chi connectivity index (χ1v) is 10.7. The van der Waals surface area contributed by atoms with E-state index in [1.54, 1.807) is 56.5 Å². The lowest BCUT2D eigenvalue weighted by Crippen LogP contribution is -2.10. The molecule has 3 aromatic carbocycles. The van der Waals surface area contributed by atoms with Crippen LogP contribution in [0.3, 0.4) is 0 Å². The molecule has 0 aliphatic carbocycles. The van der Waals surface area contributed by atoms with Gasteiger partial charge in [0.05, 0.1) is 18.2 Å². The van der Waals surface area contributed by atoms with E-state index in [4.69, 9.17) is 14.2 Å². The zero-order valence-corrected chi connectivity index (χ0v) is 19.4. The molecule has 0 spiro atoms. The van der Waals surface area contributed by atoms with Crippen molar-refractivity contribution in [3.05, 3.63) is 94.2 Å². The van der Waals surface area contributed by atoms with Crippen molar-refractivity contribution in [3.63, 3.8) is 0 Å². The number of hydrogen-bond acceptors (Lipinski definition) is 5. The Morgan fingerprint density at radius 2 is 1.61 bits per heavy atom. The second kappa shape index (κ2) is 8.58. The van der Waals surface area contributed by atoms with Gasteiger partial charge >= 0.3 is 5.97 Å². The minimum atomic E-state index is -0.500. The maximum atomic E-state index is 12.9. The smallest absolute Gasteiger partial charge is 0.343 e. The van der Waals surface area contributed by atoms with Gasteiger partial charge in [0, 0.05) is 5.56 Å². The van der Waals surface area contributed by atoms with E-state index in [1.807, 2.05) is 12.1 Å². The van der Waals surface area contributed by atoms with E-state index >= 15 is 0 Å². The molecular weight excluding hydrogens is 416 g/mol. The molecule has 0 bridgehead atoms. The average Bonchev–Trinajstić information content (AvgIpc) is 3.11. The number of ether oxygens (including phenoxy) is 3.